The summed E-state index contributed by atoms with van der Waals surface area (Å²) in [7, 11) is -3.37. The summed E-state index contributed by atoms with van der Waals surface area (Å²) >= 11 is 0. The van der Waals surface area contributed by atoms with Gasteiger partial charge in [-0.15, -0.1) is 0 Å². The Morgan fingerprint density at radius 1 is 1.35 bits per heavy atom. The first-order valence-corrected chi connectivity index (χ1v) is 8.66. The van der Waals surface area contributed by atoms with Gasteiger partial charge >= 0.3 is 0 Å². The summed E-state index contributed by atoms with van der Waals surface area (Å²) in [5, 5.41) is 3.20. The molecular weight excluding hydrogens is 276 g/mol. The maximum atomic E-state index is 12.2. The van der Waals surface area contributed by atoms with Crippen molar-refractivity contribution in [3.05, 3.63) is 29.8 Å². The number of hydrogen-bond acceptors (Lipinski definition) is 4. The second kappa shape index (κ2) is 7.06. The van der Waals surface area contributed by atoms with E-state index in [9.17, 15) is 8.42 Å². The molecule has 1 unspecified atom stereocenters. The van der Waals surface area contributed by atoms with Gasteiger partial charge in [0.1, 0.15) is 0 Å². The van der Waals surface area contributed by atoms with E-state index in [0.717, 1.165) is 24.9 Å². The minimum Gasteiger partial charge on any atom is -0.377 e. The molecular formula is C14H22N2O3S. The van der Waals surface area contributed by atoms with E-state index in [1.807, 2.05) is 25.1 Å². The molecule has 1 aromatic rings. The van der Waals surface area contributed by atoms with E-state index >= 15 is 0 Å². The highest BCUT2D eigenvalue weighted by molar-refractivity contribution is 7.92. The number of ether oxygens (including phenoxy) is 1. The van der Waals surface area contributed by atoms with Crippen molar-refractivity contribution in [1.29, 1.82) is 0 Å². The molecule has 1 aromatic carbocycles. The molecule has 1 aliphatic heterocycles. The van der Waals surface area contributed by atoms with E-state index in [1.165, 1.54) is 0 Å². The van der Waals surface area contributed by atoms with Gasteiger partial charge in [-0.25, -0.2) is 8.42 Å². The number of para-hydroxylation sites is 1. The van der Waals surface area contributed by atoms with Crippen LogP contribution in [-0.2, 0) is 21.3 Å². The van der Waals surface area contributed by atoms with E-state index in [0.29, 0.717) is 18.8 Å². The van der Waals surface area contributed by atoms with Crippen LogP contribution in [0.1, 0.15) is 25.3 Å². The summed E-state index contributed by atoms with van der Waals surface area (Å²) in [6.45, 7) is 4.17. The topological polar surface area (TPSA) is 67.4 Å². The van der Waals surface area contributed by atoms with Gasteiger partial charge in [0.2, 0.25) is 10.0 Å². The van der Waals surface area contributed by atoms with Crippen molar-refractivity contribution in [1.82, 2.24) is 5.32 Å². The predicted octanol–water partition coefficient (Wildman–Crippen LogP) is 1.72. The second-order valence-corrected chi connectivity index (χ2v) is 6.72. The number of nitrogens with one attached hydrogen (secondary N) is 2. The molecule has 0 aliphatic carbocycles. The third-order valence-corrected chi connectivity index (χ3v) is 4.62. The molecule has 0 bridgehead atoms. The monoisotopic (exact) mass is 298 g/mol. The minimum absolute atomic E-state index is 0.0303. The SMILES string of the molecule is CCNCc1ccccc1NS(=O)(=O)CC1CCCO1. The highest BCUT2D eigenvalue weighted by atomic mass is 32.2. The fourth-order valence-electron chi connectivity index (χ4n) is 2.26. The standard InChI is InChI=1S/C14H22N2O3S/c1-2-15-10-12-6-3-4-8-14(12)16-20(17,18)11-13-7-5-9-19-13/h3-4,6,8,13,15-16H,2,5,7,9-11H2,1H3. The van der Waals surface area contributed by atoms with Gasteiger partial charge in [0.25, 0.3) is 0 Å². The molecule has 2 rings (SSSR count). The Morgan fingerprint density at radius 3 is 2.85 bits per heavy atom. The molecule has 20 heavy (non-hydrogen) atoms. The summed E-state index contributed by atoms with van der Waals surface area (Å²) in [4.78, 5) is 0. The van der Waals surface area contributed by atoms with E-state index in [2.05, 4.69) is 10.0 Å². The van der Waals surface area contributed by atoms with Crippen molar-refractivity contribution in [3.63, 3.8) is 0 Å². The van der Waals surface area contributed by atoms with E-state index in [-0.39, 0.29) is 11.9 Å². The Kier molecular flexibility index (Phi) is 5.39. The average Bonchev–Trinajstić information content (AvgIpc) is 2.89. The fraction of sp³-hybridized carbons (Fsp3) is 0.571. The quantitative estimate of drug-likeness (QED) is 0.804. The van der Waals surface area contributed by atoms with Crippen LogP contribution in [0.15, 0.2) is 24.3 Å². The molecule has 0 aromatic heterocycles. The minimum atomic E-state index is -3.37. The Morgan fingerprint density at radius 2 is 2.15 bits per heavy atom. The number of sulfonamides is 1. The van der Waals surface area contributed by atoms with E-state index in [1.54, 1.807) is 6.07 Å². The lowest BCUT2D eigenvalue weighted by Gasteiger charge is -2.15. The van der Waals surface area contributed by atoms with Crippen molar-refractivity contribution in [2.24, 2.45) is 0 Å². The summed E-state index contributed by atoms with van der Waals surface area (Å²) in [6, 6.07) is 7.45. The Labute approximate surface area is 120 Å². The van der Waals surface area contributed by atoms with Crippen molar-refractivity contribution >= 4 is 15.7 Å². The zero-order chi connectivity index (χ0) is 14.4. The lowest BCUT2D eigenvalue weighted by molar-refractivity contribution is 0.127. The lowest BCUT2D eigenvalue weighted by atomic mass is 10.2. The van der Waals surface area contributed by atoms with Crippen molar-refractivity contribution < 1.29 is 13.2 Å². The molecule has 1 atom stereocenters. The van der Waals surface area contributed by atoms with Crippen molar-refractivity contribution in [2.45, 2.75) is 32.4 Å². The van der Waals surface area contributed by atoms with Gasteiger partial charge in [0.15, 0.2) is 0 Å². The first kappa shape index (κ1) is 15.3. The van der Waals surface area contributed by atoms with Crippen LogP contribution in [0.5, 0.6) is 0 Å². The maximum Gasteiger partial charge on any atom is 0.235 e. The van der Waals surface area contributed by atoms with Crippen molar-refractivity contribution in [2.75, 3.05) is 23.6 Å². The lowest BCUT2D eigenvalue weighted by Crippen LogP contribution is -2.26. The van der Waals surface area contributed by atoms with Crippen LogP contribution in [0, 0.1) is 0 Å². The Bertz CT molecular complexity index is 525. The highest BCUT2D eigenvalue weighted by Crippen LogP contribution is 2.19. The maximum absolute atomic E-state index is 12.2. The zero-order valence-electron chi connectivity index (χ0n) is 11.8. The van der Waals surface area contributed by atoms with Crippen LogP contribution < -0.4 is 10.0 Å². The number of benzene rings is 1. The Balaban J connectivity index is 2.04. The zero-order valence-corrected chi connectivity index (χ0v) is 12.6. The smallest absolute Gasteiger partial charge is 0.235 e. The summed E-state index contributed by atoms with van der Waals surface area (Å²) in [6.07, 6.45) is 1.59. The molecule has 1 heterocycles. The van der Waals surface area contributed by atoms with Crippen LogP contribution in [-0.4, -0.2) is 33.4 Å². The molecule has 2 N–H and O–H groups in total. The normalized spacial score (nSPS) is 19.1. The van der Waals surface area contributed by atoms with Crippen LogP contribution in [0.2, 0.25) is 0 Å². The average molecular weight is 298 g/mol. The predicted molar refractivity (Wildman–Crippen MR) is 80.2 cm³/mol. The third kappa shape index (κ3) is 4.47. The van der Waals surface area contributed by atoms with Gasteiger partial charge in [-0.2, -0.15) is 0 Å². The van der Waals surface area contributed by atoms with Gasteiger partial charge in [0.05, 0.1) is 17.5 Å². The summed E-state index contributed by atoms with van der Waals surface area (Å²) in [5.74, 6) is 0.0303. The fourth-order valence-corrected chi connectivity index (χ4v) is 3.63. The molecule has 0 amide bonds. The second-order valence-electron chi connectivity index (χ2n) is 4.96. The number of anilines is 1. The third-order valence-electron chi connectivity index (χ3n) is 3.28. The molecule has 0 radical (unpaired) electrons. The van der Waals surface area contributed by atoms with Gasteiger partial charge in [-0.1, -0.05) is 25.1 Å². The molecule has 0 saturated carbocycles. The highest BCUT2D eigenvalue weighted by Gasteiger charge is 2.23. The first-order chi connectivity index (χ1) is 9.61. The van der Waals surface area contributed by atoms with Crippen LogP contribution in [0.3, 0.4) is 0 Å². The molecule has 6 heteroatoms. The van der Waals surface area contributed by atoms with Gasteiger partial charge < -0.3 is 10.1 Å². The number of rotatable bonds is 7. The molecule has 112 valence electrons. The van der Waals surface area contributed by atoms with Crippen LogP contribution in [0.4, 0.5) is 5.69 Å². The van der Waals surface area contributed by atoms with Crippen LogP contribution in [0.25, 0.3) is 0 Å². The summed E-state index contributed by atoms with van der Waals surface area (Å²) in [5.41, 5.74) is 1.59. The first-order valence-electron chi connectivity index (χ1n) is 7.01. The van der Waals surface area contributed by atoms with E-state index in [4.69, 9.17) is 4.74 Å². The Hall–Kier alpha value is -1.11. The van der Waals surface area contributed by atoms with Gasteiger partial charge in [-0.05, 0) is 31.0 Å². The van der Waals surface area contributed by atoms with Gasteiger partial charge in [-0.3, -0.25) is 4.72 Å². The number of hydrogen-bond donors (Lipinski definition) is 2. The van der Waals surface area contributed by atoms with Crippen LogP contribution >= 0.6 is 0 Å². The molecule has 5 nitrogen and oxygen atoms in total. The molecule has 1 aliphatic rings. The van der Waals surface area contributed by atoms with Crippen molar-refractivity contribution in [3.8, 4) is 0 Å². The largest absolute Gasteiger partial charge is 0.377 e. The molecule has 1 fully saturated rings. The van der Waals surface area contributed by atoms with E-state index < -0.39 is 10.0 Å². The molecule has 1 saturated heterocycles. The molecule has 0 spiro atoms. The van der Waals surface area contributed by atoms with Gasteiger partial charge in [0, 0.05) is 13.2 Å². The summed E-state index contributed by atoms with van der Waals surface area (Å²) < 4.78 is 32.4.